The number of hydrogen-bond acceptors (Lipinski definition) is 2. The molecule has 0 amide bonds. The first kappa shape index (κ1) is 11.0. The van der Waals surface area contributed by atoms with Gasteiger partial charge in [0.2, 0.25) is 0 Å². The van der Waals surface area contributed by atoms with Crippen LogP contribution in [0.3, 0.4) is 0 Å². The molecule has 1 heterocycles. The second kappa shape index (κ2) is 3.97. The summed E-state index contributed by atoms with van der Waals surface area (Å²) in [6.45, 7) is 0. The molecule has 0 atom stereocenters. The molecule has 3 heteroatoms. The van der Waals surface area contributed by atoms with E-state index in [1.165, 1.54) is 11.3 Å². The molecular weight excluding hydrogens is 252 g/mol. The number of benzene rings is 1. The minimum absolute atomic E-state index is 0.223. The Balaban J connectivity index is 1.97. The zero-order valence-electron chi connectivity index (χ0n) is 9.15. The van der Waals surface area contributed by atoms with E-state index in [0.717, 1.165) is 23.3 Å². The van der Waals surface area contributed by atoms with Crippen LogP contribution in [0.2, 0.25) is 4.34 Å². The van der Waals surface area contributed by atoms with E-state index in [1.807, 2.05) is 36.4 Å². The molecule has 1 aromatic carbocycles. The average Bonchev–Trinajstić information content (AvgIpc) is 3.07. The van der Waals surface area contributed by atoms with E-state index in [2.05, 4.69) is 0 Å². The summed E-state index contributed by atoms with van der Waals surface area (Å²) in [4.78, 5) is 13.3. The van der Waals surface area contributed by atoms with Crippen LogP contribution in [0.1, 0.15) is 28.1 Å². The first-order valence-corrected chi connectivity index (χ1v) is 6.77. The summed E-state index contributed by atoms with van der Waals surface area (Å²) in [6, 6.07) is 13.7. The number of rotatable bonds is 3. The van der Waals surface area contributed by atoms with Crippen LogP contribution in [0.25, 0.3) is 0 Å². The number of carbonyl (C=O) groups excluding carboxylic acids is 1. The summed E-state index contributed by atoms with van der Waals surface area (Å²) >= 11 is 7.26. The van der Waals surface area contributed by atoms with Crippen molar-refractivity contribution in [2.75, 3.05) is 0 Å². The van der Waals surface area contributed by atoms with E-state index in [9.17, 15) is 4.79 Å². The standard InChI is InChI=1S/C14H11ClOS/c15-12-7-6-11(17-12)13(16)14(8-9-14)10-4-2-1-3-5-10/h1-7H,8-9H2. The van der Waals surface area contributed by atoms with Gasteiger partial charge in [-0.2, -0.15) is 0 Å². The fraction of sp³-hybridized carbons (Fsp3) is 0.214. The van der Waals surface area contributed by atoms with Crippen molar-refractivity contribution < 1.29 is 4.79 Å². The molecule has 1 nitrogen and oxygen atoms in total. The number of Topliss-reactive ketones (excluding diaryl/α,β-unsaturated/α-hetero) is 1. The molecule has 86 valence electrons. The van der Waals surface area contributed by atoms with Gasteiger partial charge in [0, 0.05) is 0 Å². The van der Waals surface area contributed by atoms with Crippen molar-refractivity contribution in [2.45, 2.75) is 18.3 Å². The summed E-state index contributed by atoms with van der Waals surface area (Å²) in [5, 5.41) is 0. The van der Waals surface area contributed by atoms with Crippen molar-refractivity contribution >= 4 is 28.7 Å². The smallest absolute Gasteiger partial charge is 0.183 e. The Morgan fingerprint density at radius 1 is 1.12 bits per heavy atom. The van der Waals surface area contributed by atoms with Crippen LogP contribution in [0.5, 0.6) is 0 Å². The molecule has 2 aromatic rings. The Morgan fingerprint density at radius 2 is 1.82 bits per heavy atom. The zero-order chi connectivity index (χ0) is 11.9. The van der Waals surface area contributed by atoms with Gasteiger partial charge in [0.25, 0.3) is 0 Å². The largest absolute Gasteiger partial charge is 0.292 e. The van der Waals surface area contributed by atoms with Crippen molar-refractivity contribution in [2.24, 2.45) is 0 Å². The highest BCUT2D eigenvalue weighted by molar-refractivity contribution is 7.18. The molecule has 0 saturated heterocycles. The average molecular weight is 263 g/mol. The van der Waals surface area contributed by atoms with Crippen molar-refractivity contribution in [3.8, 4) is 0 Å². The highest BCUT2D eigenvalue weighted by atomic mass is 35.5. The molecule has 0 radical (unpaired) electrons. The maximum absolute atomic E-state index is 12.5. The molecule has 0 unspecified atom stereocenters. The highest BCUT2D eigenvalue weighted by Crippen LogP contribution is 2.51. The van der Waals surface area contributed by atoms with Gasteiger partial charge >= 0.3 is 0 Å². The third-order valence-electron chi connectivity index (χ3n) is 3.31. The summed E-state index contributed by atoms with van der Waals surface area (Å²) in [5.74, 6) is 0.223. The summed E-state index contributed by atoms with van der Waals surface area (Å²) in [5.41, 5.74) is 0.865. The topological polar surface area (TPSA) is 17.1 Å². The lowest BCUT2D eigenvalue weighted by atomic mass is 9.90. The number of halogens is 1. The SMILES string of the molecule is O=C(c1ccc(Cl)s1)C1(c2ccccc2)CC1. The number of carbonyl (C=O) groups is 1. The molecule has 1 saturated carbocycles. The van der Waals surface area contributed by atoms with Gasteiger partial charge < -0.3 is 0 Å². The lowest BCUT2D eigenvalue weighted by Gasteiger charge is -2.12. The van der Waals surface area contributed by atoms with Crippen molar-refractivity contribution in [1.29, 1.82) is 0 Å². The van der Waals surface area contributed by atoms with Gasteiger partial charge in [-0.05, 0) is 30.5 Å². The summed E-state index contributed by atoms with van der Waals surface area (Å²) < 4.78 is 0.678. The fourth-order valence-electron chi connectivity index (χ4n) is 2.20. The van der Waals surface area contributed by atoms with Gasteiger partial charge in [0.15, 0.2) is 5.78 Å². The van der Waals surface area contributed by atoms with E-state index < -0.39 is 0 Å². The molecular formula is C14H11ClOS. The summed E-state index contributed by atoms with van der Waals surface area (Å²) in [6.07, 6.45) is 1.90. The maximum atomic E-state index is 12.5. The van der Waals surface area contributed by atoms with Gasteiger partial charge in [-0.3, -0.25) is 4.79 Å². The molecule has 1 aromatic heterocycles. The Morgan fingerprint density at radius 3 is 2.35 bits per heavy atom. The Bertz CT molecular complexity index is 555. The molecule has 0 spiro atoms. The zero-order valence-corrected chi connectivity index (χ0v) is 10.7. The molecule has 3 rings (SSSR count). The molecule has 1 fully saturated rings. The number of thiophene rings is 1. The second-order valence-electron chi connectivity index (χ2n) is 4.38. The number of hydrogen-bond donors (Lipinski definition) is 0. The van der Waals surface area contributed by atoms with Gasteiger partial charge in [0.1, 0.15) is 0 Å². The summed E-state index contributed by atoms with van der Waals surface area (Å²) in [7, 11) is 0. The van der Waals surface area contributed by atoms with E-state index in [4.69, 9.17) is 11.6 Å². The Hall–Kier alpha value is -1.12. The van der Waals surface area contributed by atoms with E-state index in [0.29, 0.717) is 4.34 Å². The van der Waals surface area contributed by atoms with Gasteiger partial charge in [0.05, 0.1) is 14.6 Å². The van der Waals surface area contributed by atoms with Crippen LogP contribution in [-0.2, 0) is 5.41 Å². The lowest BCUT2D eigenvalue weighted by molar-refractivity contribution is 0.0950. The van der Waals surface area contributed by atoms with E-state index in [1.54, 1.807) is 6.07 Å². The van der Waals surface area contributed by atoms with Crippen LogP contribution >= 0.6 is 22.9 Å². The molecule has 1 aliphatic rings. The Labute approximate surface area is 109 Å². The third-order valence-corrected chi connectivity index (χ3v) is 4.54. The molecule has 0 aliphatic heterocycles. The quantitative estimate of drug-likeness (QED) is 0.753. The van der Waals surface area contributed by atoms with Gasteiger partial charge in [-0.1, -0.05) is 41.9 Å². The predicted molar refractivity (Wildman–Crippen MR) is 71.0 cm³/mol. The lowest BCUT2D eigenvalue weighted by Crippen LogP contribution is -2.19. The molecule has 0 N–H and O–H groups in total. The second-order valence-corrected chi connectivity index (χ2v) is 6.10. The minimum Gasteiger partial charge on any atom is -0.292 e. The van der Waals surface area contributed by atoms with Gasteiger partial charge in [-0.15, -0.1) is 11.3 Å². The van der Waals surface area contributed by atoms with Crippen molar-refractivity contribution in [3.63, 3.8) is 0 Å². The van der Waals surface area contributed by atoms with Crippen LogP contribution in [0.4, 0.5) is 0 Å². The van der Waals surface area contributed by atoms with E-state index >= 15 is 0 Å². The minimum atomic E-state index is -0.268. The first-order chi connectivity index (χ1) is 8.22. The monoisotopic (exact) mass is 262 g/mol. The van der Waals surface area contributed by atoms with Crippen LogP contribution < -0.4 is 0 Å². The predicted octanol–water partition coefficient (Wildman–Crippen LogP) is 4.32. The van der Waals surface area contributed by atoms with Crippen LogP contribution in [-0.4, -0.2) is 5.78 Å². The number of ketones is 1. The third kappa shape index (κ3) is 1.81. The van der Waals surface area contributed by atoms with Crippen LogP contribution in [0.15, 0.2) is 42.5 Å². The molecule has 1 aliphatic carbocycles. The Kier molecular flexibility index (Phi) is 2.57. The highest BCUT2D eigenvalue weighted by Gasteiger charge is 2.51. The first-order valence-electron chi connectivity index (χ1n) is 5.58. The molecule has 0 bridgehead atoms. The van der Waals surface area contributed by atoms with Gasteiger partial charge in [-0.25, -0.2) is 0 Å². The van der Waals surface area contributed by atoms with Crippen LogP contribution in [0, 0.1) is 0 Å². The van der Waals surface area contributed by atoms with Crippen molar-refractivity contribution in [1.82, 2.24) is 0 Å². The fourth-order valence-corrected chi connectivity index (χ4v) is 3.28. The molecule has 17 heavy (non-hydrogen) atoms. The van der Waals surface area contributed by atoms with Crippen molar-refractivity contribution in [3.05, 3.63) is 57.2 Å². The maximum Gasteiger partial charge on any atom is 0.183 e. The van der Waals surface area contributed by atoms with E-state index in [-0.39, 0.29) is 11.2 Å². The normalized spacial score (nSPS) is 16.8.